The Labute approximate surface area is 150 Å². The summed E-state index contributed by atoms with van der Waals surface area (Å²) in [5.74, 6) is 2.09. The number of hydrogen-bond donors (Lipinski definition) is 1. The van der Waals surface area contributed by atoms with Crippen molar-refractivity contribution < 1.29 is 18.7 Å². The lowest BCUT2D eigenvalue weighted by Crippen LogP contribution is -2.24. The van der Waals surface area contributed by atoms with Crippen molar-refractivity contribution in [2.24, 2.45) is 0 Å². The largest absolute Gasteiger partial charge is 0.497 e. The van der Waals surface area contributed by atoms with Gasteiger partial charge in [-0.25, -0.2) is 9.97 Å². The Bertz CT molecular complexity index is 936. The zero-order valence-electron chi connectivity index (χ0n) is 14.4. The number of hydrogen-bond acceptors (Lipinski definition) is 6. The molecule has 1 aromatic carbocycles. The third kappa shape index (κ3) is 2.77. The van der Waals surface area contributed by atoms with Crippen LogP contribution in [0.1, 0.15) is 23.5 Å². The molecule has 0 spiro atoms. The van der Waals surface area contributed by atoms with Gasteiger partial charge in [0.2, 0.25) is 5.91 Å². The first-order chi connectivity index (χ1) is 12.7. The molecule has 3 aromatic rings. The van der Waals surface area contributed by atoms with Gasteiger partial charge >= 0.3 is 0 Å². The summed E-state index contributed by atoms with van der Waals surface area (Å²) in [6.07, 6.45) is 5.31. The van der Waals surface area contributed by atoms with Crippen molar-refractivity contribution in [2.45, 2.75) is 12.3 Å². The Balaban J connectivity index is 1.77. The monoisotopic (exact) mass is 351 g/mol. The molecule has 26 heavy (non-hydrogen) atoms. The lowest BCUT2D eigenvalue weighted by Gasteiger charge is -2.28. The van der Waals surface area contributed by atoms with Gasteiger partial charge in [-0.3, -0.25) is 4.79 Å². The molecule has 3 heterocycles. The van der Waals surface area contributed by atoms with Gasteiger partial charge in [0.1, 0.15) is 11.5 Å². The highest BCUT2D eigenvalue weighted by molar-refractivity contribution is 5.96. The molecule has 2 aromatic heterocycles. The molecule has 1 aliphatic heterocycles. The Morgan fingerprint density at radius 1 is 1.19 bits per heavy atom. The van der Waals surface area contributed by atoms with E-state index in [1.165, 1.54) is 0 Å². The van der Waals surface area contributed by atoms with E-state index in [2.05, 4.69) is 15.3 Å². The zero-order chi connectivity index (χ0) is 18.1. The molecular formula is C19H17N3O4. The lowest BCUT2D eigenvalue weighted by atomic mass is 9.85. The molecule has 0 aliphatic carbocycles. The maximum absolute atomic E-state index is 12.2. The number of methoxy groups -OCH3 is 2. The van der Waals surface area contributed by atoms with Gasteiger partial charge in [-0.1, -0.05) is 0 Å². The molecule has 7 nitrogen and oxygen atoms in total. The van der Waals surface area contributed by atoms with Gasteiger partial charge in [0, 0.05) is 42.4 Å². The van der Waals surface area contributed by atoms with Crippen LogP contribution in [0.15, 0.2) is 47.3 Å². The Kier molecular flexibility index (Phi) is 4.04. The summed E-state index contributed by atoms with van der Waals surface area (Å²) in [5.41, 5.74) is 2.40. The maximum atomic E-state index is 12.2. The number of aromatic nitrogens is 2. The van der Waals surface area contributed by atoms with Crippen LogP contribution >= 0.6 is 0 Å². The van der Waals surface area contributed by atoms with Crippen molar-refractivity contribution in [3.8, 4) is 23.1 Å². The Morgan fingerprint density at radius 2 is 2.00 bits per heavy atom. The second kappa shape index (κ2) is 6.51. The van der Waals surface area contributed by atoms with E-state index in [0.717, 1.165) is 11.1 Å². The van der Waals surface area contributed by atoms with Gasteiger partial charge in [0.15, 0.2) is 11.6 Å². The second-order valence-electron chi connectivity index (χ2n) is 5.91. The second-order valence-corrected chi connectivity index (χ2v) is 5.91. The van der Waals surface area contributed by atoms with Crippen LogP contribution in [0.4, 0.5) is 5.69 Å². The minimum atomic E-state index is -0.203. The molecule has 0 saturated heterocycles. The Morgan fingerprint density at radius 3 is 2.65 bits per heavy atom. The van der Waals surface area contributed by atoms with E-state index in [4.69, 9.17) is 13.9 Å². The van der Waals surface area contributed by atoms with E-state index < -0.39 is 0 Å². The smallest absolute Gasteiger partial charge is 0.225 e. The normalized spacial score (nSPS) is 15.9. The van der Waals surface area contributed by atoms with Crippen molar-refractivity contribution in [1.29, 1.82) is 0 Å². The minimum absolute atomic E-state index is 0.0760. The summed E-state index contributed by atoms with van der Waals surface area (Å²) in [7, 11) is 3.17. The number of rotatable bonds is 4. The maximum Gasteiger partial charge on any atom is 0.225 e. The van der Waals surface area contributed by atoms with Crippen LogP contribution in [0.5, 0.6) is 11.5 Å². The summed E-state index contributed by atoms with van der Waals surface area (Å²) in [4.78, 5) is 21.0. The van der Waals surface area contributed by atoms with Crippen molar-refractivity contribution >= 4 is 11.6 Å². The molecule has 1 atom stereocenters. The van der Waals surface area contributed by atoms with Gasteiger partial charge in [0.05, 0.1) is 26.2 Å². The molecule has 1 amide bonds. The number of benzene rings is 1. The fourth-order valence-electron chi connectivity index (χ4n) is 3.18. The average Bonchev–Trinajstić information content (AvgIpc) is 3.21. The third-order valence-corrected chi connectivity index (χ3v) is 4.40. The van der Waals surface area contributed by atoms with Gasteiger partial charge < -0.3 is 19.2 Å². The molecule has 0 bridgehead atoms. The number of amides is 1. The molecule has 0 fully saturated rings. The van der Waals surface area contributed by atoms with E-state index in [9.17, 15) is 4.79 Å². The highest BCUT2D eigenvalue weighted by Gasteiger charge is 2.31. The summed E-state index contributed by atoms with van der Waals surface area (Å²) in [6, 6.07) is 7.18. The molecule has 7 heteroatoms. The standard InChI is InChI=1S/C19H17N3O4/c1-24-12-6-14-18(16(7-12)25-2)13(8-17(23)22-14)11-9-20-19(21-10-11)15-4-3-5-26-15/h3-7,9-10,13H,8H2,1-2H3,(H,22,23). The quantitative estimate of drug-likeness (QED) is 0.777. The van der Waals surface area contributed by atoms with E-state index >= 15 is 0 Å². The predicted octanol–water partition coefficient (Wildman–Crippen LogP) is 3.23. The Hall–Kier alpha value is -3.35. The number of anilines is 1. The van der Waals surface area contributed by atoms with E-state index in [0.29, 0.717) is 35.2 Å². The predicted molar refractivity (Wildman–Crippen MR) is 94.4 cm³/mol. The first-order valence-corrected chi connectivity index (χ1v) is 8.11. The van der Waals surface area contributed by atoms with Gasteiger partial charge in [-0.05, 0) is 17.7 Å². The fraction of sp³-hybridized carbons (Fsp3) is 0.211. The molecule has 1 N–H and O–H groups in total. The number of furan rings is 1. The van der Waals surface area contributed by atoms with Gasteiger partial charge in [0.25, 0.3) is 0 Å². The fourth-order valence-corrected chi connectivity index (χ4v) is 3.18. The van der Waals surface area contributed by atoms with Crippen molar-refractivity contribution in [2.75, 3.05) is 19.5 Å². The lowest BCUT2D eigenvalue weighted by molar-refractivity contribution is -0.116. The van der Waals surface area contributed by atoms with Crippen LogP contribution < -0.4 is 14.8 Å². The number of nitrogens with one attached hydrogen (secondary N) is 1. The molecule has 132 valence electrons. The molecule has 1 aliphatic rings. The van der Waals surface area contributed by atoms with Gasteiger partial charge in [-0.15, -0.1) is 0 Å². The summed E-state index contributed by atoms with van der Waals surface area (Å²) < 4.78 is 16.1. The first kappa shape index (κ1) is 16.1. The molecule has 0 radical (unpaired) electrons. The summed E-state index contributed by atoms with van der Waals surface area (Å²) in [6.45, 7) is 0. The molecule has 0 saturated carbocycles. The van der Waals surface area contributed by atoms with Crippen LogP contribution in [0.2, 0.25) is 0 Å². The van der Waals surface area contributed by atoms with Crippen molar-refractivity contribution in [3.05, 3.63) is 54.0 Å². The highest BCUT2D eigenvalue weighted by Crippen LogP contribution is 2.44. The number of ether oxygens (including phenoxy) is 2. The topological polar surface area (TPSA) is 86.5 Å². The van der Waals surface area contributed by atoms with Crippen LogP contribution in [0.25, 0.3) is 11.6 Å². The number of carbonyl (C=O) groups excluding carboxylic acids is 1. The molecule has 4 rings (SSSR count). The van der Waals surface area contributed by atoms with E-state index in [1.807, 2.05) is 0 Å². The number of carbonyl (C=O) groups is 1. The number of fused-ring (bicyclic) bond motifs is 1. The number of nitrogens with zero attached hydrogens (tertiary/aromatic N) is 2. The van der Waals surface area contributed by atoms with Crippen molar-refractivity contribution in [3.63, 3.8) is 0 Å². The third-order valence-electron chi connectivity index (χ3n) is 4.40. The highest BCUT2D eigenvalue weighted by atomic mass is 16.5. The van der Waals surface area contributed by atoms with Crippen LogP contribution in [-0.4, -0.2) is 30.1 Å². The molecular weight excluding hydrogens is 334 g/mol. The summed E-state index contributed by atoms with van der Waals surface area (Å²) >= 11 is 0. The minimum Gasteiger partial charge on any atom is -0.497 e. The zero-order valence-corrected chi connectivity index (χ0v) is 14.4. The van der Waals surface area contributed by atoms with Crippen LogP contribution in [-0.2, 0) is 4.79 Å². The first-order valence-electron chi connectivity index (χ1n) is 8.11. The van der Waals surface area contributed by atoms with E-state index in [-0.39, 0.29) is 11.8 Å². The van der Waals surface area contributed by atoms with Crippen LogP contribution in [0.3, 0.4) is 0 Å². The van der Waals surface area contributed by atoms with Crippen molar-refractivity contribution in [1.82, 2.24) is 9.97 Å². The summed E-state index contributed by atoms with van der Waals surface area (Å²) in [5, 5.41) is 2.89. The van der Waals surface area contributed by atoms with E-state index in [1.54, 1.807) is 57.1 Å². The average molecular weight is 351 g/mol. The molecule has 1 unspecified atom stereocenters. The van der Waals surface area contributed by atoms with Gasteiger partial charge in [-0.2, -0.15) is 0 Å². The SMILES string of the molecule is COc1cc2c(c(OC)c1)C(c1cnc(-c3ccco3)nc1)CC(=O)N2. The van der Waals surface area contributed by atoms with Crippen LogP contribution in [0, 0.1) is 0 Å².